The van der Waals surface area contributed by atoms with Crippen molar-refractivity contribution in [3.05, 3.63) is 35.9 Å². The molecule has 19 heavy (non-hydrogen) atoms. The van der Waals surface area contributed by atoms with E-state index >= 15 is 0 Å². The first kappa shape index (κ1) is 14.4. The Bertz CT molecular complexity index is 375. The standard InChI is InChI=1S/C15H20F3N/c16-15(17,18)14-8-4-7-13(9-14)11-19-10-12-5-2-1-3-6-12/h1-3,5-6,13-14,19H,4,7-11H2/t13-,14+/m1/s1. The summed E-state index contributed by atoms with van der Waals surface area (Å²) < 4.78 is 38.0. The van der Waals surface area contributed by atoms with Crippen LogP contribution in [0.5, 0.6) is 0 Å². The fourth-order valence-corrected chi connectivity index (χ4v) is 2.79. The van der Waals surface area contributed by atoms with Crippen LogP contribution in [-0.4, -0.2) is 12.7 Å². The zero-order chi connectivity index (χ0) is 13.7. The Morgan fingerprint density at radius 3 is 2.53 bits per heavy atom. The molecule has 0 amide bonds. The number of benzene rings is 1. The highest BCUT2D eigenvalue weighted by molar-refractivity contribution is 5.14. The van der Waals surface area contributed by atoms with Gasteiger partial charge in [-0.3, -0.25) is 0 Å². The number of hydrogen-bond donors (Lipinski definition) is 1. The molecular weight excluding hydrogens is 251 g/mol. The van der Waals surface area contributed by atoms with Crippen LogP contribution >= 0.6 is 0 Å². The van der Waals surface area contributed by atoms with Gasteiger partial charge in [0.25, 0.3) is 0 Å². The monoisotopic (exact) mass is 271 g/mol. The Balaban J connectivity index is 1.74. The van der Waals surface area contributed by atoms with Gasteiger partial charge in [-0.1, -0.05) is 36.8 Å². The summed E-state index contributed by atoms with van der Waals surface area (Å²) in [5, 5.41) is 3.28. The second-order valence-electron chi connectivity index (χ2n) is 5.39. The molecule has 0 bridgehead atoms. The van der Waals surface area contributed by atoms with E-state index in [1.54, 1.807) is 0 Å². The highest BCUT2D eigenvalue weighted by Crippen LogP contribution is 2.39. The van der Waals surface area contributed by atoms with Crippen LogP contribution in [0.15, 0.2) is 30.3 Å². The van der Waals surface area contributed by atoms with Crippen molar-refractivity contribution < 1.29 is 13.2 Å². The smallest absolute Gasteiger partial charge is 0.312 e. The van der Waals surface area contributed by atoms with Gasteiger partial charge in [-0.2, -0.15) is 13.2 Å². The Morgan fingerprint density at radius 2 is 1.84 bits per heavy atom. The Hall–Kier alpha value is -1.03. The lowest BCUT2D eigenvalue weighted by Crippen LogP contribution is -2.33. The Kier molecular flexibility index (Phi) is 4.86. The number of alkyl halides is 3. The van der Waals surface area contributed by atoms with Crippen LogP contribution in [0.4, 0.5) is 13.2 Å². The number of halogens is 3. The van der Waals surface area contributed by atoms with Gasteiger partial charge in [0, 0.05) is 6.54 Å². The van der Waals surface area contributed by atoms with Gasteiger partial charge in [0.15, 0.2) is 0 Å². The van der Waals surface area contributed by atoms with Gasteiger partial charge in [0.2, 0.25) is 0 Å². The summed E-state index contributed by atoms with van der Waals surface area (Å²) in [6.07, 6.45) is -1.82. The van der Waals surface area contributed by atoms with Crippen LogP contribution < -0.4 is 5.32 Å². The molecule has 0 aliphatic heterocycles. The predicted molar refractivity (Wildman–Crippen MR) is 69.7 cm³/mol. The summed E-state index contributed by atoms with van der Waals surface area (Å²) in [7, 11) is 0. The van der Waals surface area contributed by atoms with E-state index in [1.807, 2.05) is 30.3 Å². The number of rotatable bonds is 4. The third-order valence-corrected chi connectivity index (χ3v) is 3.85. The SMILES string of the molecule is FC(F)(F)[C@H]1CCC[C@@H](CNCc2ccccc2)C1. The van der Waals surface area contributed by atoms with Crippen LogP contribution in [0.1, 0.15) is 31.2 Å². The highest BCUT2D eigenvalue weighted by atomic mass is 19.4. The van der Waals surface area contributed by atoms with Crippen LogP contribution in [0, 0.1) is 11.8 Å². The van der Waals surface area contributed by atoms with Crippen molar-refractivity contribution in [2.75, 3.05) is 6.54 Å². The van der Waals surface area contributed by atoms with Crippen molar-refractivity contribution in [2.24, 2.45) is 11.8 Å². The summed E-state index contributed by atoms with van der Waals surface area (Å²) in [6, 6.07) is 9.94. The quantitative estimate of drug-likeness (QED) is 0.867. The van der Waals surface area contributed by atoms with Crippen molar-refractivity contribution in [2.45, 2.75) is 38.4 Å². The molecule has 1 aromatic carbocycles. The summed E-state index contributed by atoms with van der Waals surface area (Å²) in [4.78, 5) is 0. The lowest BCUT2D eigenvalue weighted by Gasteiger charge is -2.30. The van der Waals surface area contributed by atoms with Crippen LogP contribution in [-0.2, 0) is 6.54 Å². The van der Waals surface area contributed by atoms with Gasteiger partial charge in [-0.25, -0.2) is 0 Å². The minimum absolute atomic E-state index is 0.157. The molecule has 1 aliphatic carbocycles. The Labute approximate surface area is 112 Å². The first-order chi connectivity index (χ1) is 9.05. The molecule has 1 N–H and O–H groups in total. The molecule has 1 fully saturated rings. The maximum atomic E-state index is 12.7. The van der Waals surface area contributed by atoms with E-state index in [2.05, 4.69) is 5.32 Å². The fourth-order valence-electron chi connectivity index (χ4n) is 2.79. The normalized spacial score (nSPS) is 24.4. The lowest BCUT2D eigenvalue weighted by molar-refractivity contribution is -0.185. The Morgan fingerprint density at radius 1 is 1.11 bits per heavy atom. The molecule has 1 saturated carbocycles. The zero-order valence-corrected chi connectivity index (χ0v) is 10.9. The average molecular weight is 271 g/mol. The molecule has 0 radical (unpaired) electrons. The van der Waals surface area contributed by atoms with Crippen molar-refractivity contribution in [3.8, 4) is 0 Å². The molecule has 0 spiro atoms. The van der Waals surface area contributed by atoms with Crippen molar-refractivity contribution in [1.82, 2.24) is 5.32 Å². The van der Waals surface area contributed by atoms with Crippen LogP contribution in [0.3, 0.4) is 0 Å². The zero-order valence-electron chi connectivity index (χ0n) is 10.9. The fraction of sp³-hybridized carbons (Fsp3) is 0.600. The van der Waals surface area contributed by atoms with Crippen molar-refractivity contribution in [3.63, 3.8) is 0 Å². The second-order valence-corrected chi connectivity index (χ2v) is 5.39. The van der Waals surface area contributed by atoms with Gasteiger partial charge < -0.3 is 5.32 Å². The second kappa shape index (κ2) is 6.42. The lowest BCUT2D eigenvalue weighted by atomic mass is 9.81. The van der Waals surface area contributed by atoms with Gasteiger partial charge in [0.05, 0.1) is 5.92 Å². The molecular formula is C15H20F3N. The molecule has 0 unspecified atom stereocenters. The summed E-state index contributed by atoms with van der Waals surface area (Å²) in [6.45, 7) is 1.41. The van der Waals surface area contributed by atoms with Crippen LogP contribution in [0.2, 0.25) is 0 Å². The van der Waals surface area contributed by atoms with E-state index in [0.29, 0.717) is 19.4 Å². The van der Waals surface area contributed by atoms with Gasteiger partial charge in [-0.15, -0.1) is 0 Å². The van der Waals surface area contributed by atoms with Crippen LogP contribution in [0.25, 0.3) is 0 Å². The van der Waals surface area contributed by atoms with E-state index in [1.165, 1.54) is 5.56 Å². The molecule has 4 heteroatoms. The number of hydrogen-bond acceptors (Lipinski definition) is 1. The molecule has 106 valence electrons. The molecule has 1 aliphatic rings. The van der Waals surface area contributed by atoms with Gasteiger partial charge >= 0.3 is 6.18 Å². The van der Waals surface area contributed by atoms with E-state index in [4.69, 9.17) is 0 Å². The molecule has 0 heterocycles. The van der Waals surface area contributed by atoms with E-state index in [-0.39, 0.29) is 12.3 Å². The summed E-state index contributed by atoms with van der Waals surface area (Å²) in [5.41, 5.74) is 1.17. The first-order valence-corrected chi connectivity index (χ1v) is 6.87. The first-order valence-electron chi connectivity index (χ1n) is 6.87. The van der Waals surface area contributed by atoms with E-state index in [0.717, 1.165) is 13.0 Å². The van der Waals surface area contributed by atoms with E-state index < -0.39 is 12.1 Å². The average Bonchev–Trinajstić information content (AvgIpc) is 2.39. The summed E-state index contributed by atoms with van der Waals surface area (Å²) in [5.74, 6) is -0.936. The topological polar surface area (TPSA) is 12.0 Å². The largest absolute Gasteiger partial charge is 0.391 e. The number of nitrogens with one attached hydrogen (secondary N) is 1. The maximum Gasteiger partial charge on any atom is 0.391 e. The third-order valence-electron chi connectivity index (χ3n) is 3.85. The molecule has 0 saturated heterocycles. The molecule has 0 aromatic heterocycles. The minimum Gasteiger partial charge on any atom is -0.312 e. The predicted octanol–water partition coefficient (Wildman–Crippen LogP) is 4.14. The van der Waals surface area contributed by atoms with Gasteiger partial charge in [-0.05, 0) is 37.3 Å². The molecule has 1 nitrogen and oxygen atoms in total. The van der Waals surface area contributed by atoms with E-state index in [9.17, 15) is 13.2 Å². The molecule has 2 rings (SSSR count). The molecule has 1 aromatic rings. The van der Waals surface area contributed by atoms with Gasteiger partial charge in [0.1, 0.15) is 0 Å². The minimum atomic E-state index is -4.02. The summed E-state index contributed by atoms with van der Waals surface area (Å²) >= 11 is 0. The molecule has 2 atom stereocenters. The maximum absolute atomic E-state index is 12.7. The highest BCUT2D eigenvalue weighted by Gasteiger charge is 2.41. The van der Waals surface area contributed by atoms with Crippen molar-refractivity contribution in [1.29, 1.82) is 0 Å². The third kappa shape index (κ3) is 4.53. The van der Waals surface area contributed by atoms with Crippen molar-refractivity contribution >= 4 is 0 Å².